The number of hydrogen-bond acceptors (Lipinski definition) is 3. The van der Waals surface area contributed by atoms with Gasteiger partial charge in [0, 0.05) is 6.20 Å². The Morgan fingerprint density at radius 2 is 2.28 bits per heavy atom. The van der Waals surface area contributed by atoms with Crippen LogP contribution in [0.25, 0.3) is 5.52 Å². The van der Waals surface area contributed by atoms with Crippen molar-refractivity contribution in [3.63, 3.8) is 0 Å². The quantitative estimate of drug-likeness (QED) is 0.866. The van der Waals surface area contributed by atoms with E-state index in [1.165, 1.54) is 0 Å². The Labute approximate surface area is 105 Å². The third-order valence-corrected chi connectivity index (χ3v) is 3.33. The first-order valence-electron chi connectivity index (χ1n) is 6.02. The molecule has 2 rings (SSSR count). The van der Waals surface area contributed by atoms with Crippen molar-refractivity contribution in [3.05, 3.63) is 35.9 Å². The number of carboxylic acid groups (broad SMARTS) is 1. The molecule has 0 radical (unpaired) electrons. The van der Waals surface area contributed by atoms with Crippen LogP contribution >= 0.6 is 0 Å². The van der Waals surface area contributed by atoms with Gasteiger partial charge < -0.3 is 15.2 Å². The first kappa shape index (κ1) is 12.6. The van der Waals surface area contributed by atoms with Crippen LogP contribution in [0.4, 0.5) is 0 Å². The number of carbonyl (C=O) groups is 1. The predicted octanol–water partition coefficient (Wildman–Crippen LogP) is 2.08. The van der Waals surface area contributed by atoms with Gasteiger partial charge in [0.05, 0.1) is 11.6 Å². The molecule has 2 unspecified atom stereocenters. The van der Waals surface area contributed by atoms with Gasteiger partial charge in [-0.1, -0.05) is 26.3 Å². The maximum atomic E-state index is 11.2. The van der Waals surface area contributed by atoms with Crippen LogP contribution in [0.2, 0.25) is 0 Å². The molecule has 0 spiro atoms. The SMILES string of the molecule is CCC(C)C(N)c1nc(C(=O)O)c2ccccn12. The number of nitrogens with zero attached hydrogens (tertiary/aromatic N) is 2. The molecular weight excluding hydrogens is 230 g/mol. The average molecular weight is 247 g/mol. The lowest BCUT2D eigenvalue weighted by Gasteiger charge is -2.16. The monoisotopic (exact) mass is 247 g/mol. The van der Waals surface area contributed by atoms with Gasteiger partial charge in [-0.25, -0.2) is 9.78 Å². The first-order chi connectivity index (χ1) is 8.56. The highest BCUT2D eigenvalue weighted by Crippen LogP contribution is 2.23. The van der Waals surface area contributed by atoms with Crippen LogP contribution in [0.15, 0.2) is 24.4 Å². The summed E-state index contributed by atoms with van der Waals surface area (Å²) in [5.74, 6) is -0.170. The Hall–Kier alpha value is -1.88. The molecule has 0 aliphatic heterocycles. The molecule has 2 atom stereocenters. The molecular formula is C13H17N3O2. The first-order valence-corrected chi connectivity index (χ1v) is 6.02. The third kappa shape index (κ3) is 1.97. The van der Waals surface area contributed by atoms with E-state index >= 15 is 0 Å². The van der Waals surface area contributed by atoms with Crippen LogP contribution in [-0.2, 0) is 0 Å². The van der Waals surface area contributed by atoms with Gasteiger partial charge >= 0.3 is 5.97 Å². The highest BCUT2D eigenvalue weighted by Gasteiger charge is 2.23. The van der Waals surface area contributed by atoms with E-state index in [-0.39, 0.29) is 17.7 Å². The average Bonchev–Trinajstić information content (AvgIpc) is 2.76. The molecule has 0 saturated heterocycles. The fraction of sp³-hybridized carbons (Fsp3) is 0.385. The fourth-order valence-electron chi connectivity index (χ4n) is 1.96. The van der Waals surface area contributed by atoms with Crippen LogP contribution in [0.3, 0.4) is 0 Å². The van der Waals surface area contributed by atoms with E-state index in [2.05, 4.69) is 11.9 Å². The molecule has 2 aromatic rings. The Bertz CT molecular complexity index is 577. The number of rotatable bonds is 4. The lowest BCUT2D eigenvalue weighted by Crippen LogP contribution is -2.21. The van der Waals surface area contributed by atoms with Gasteiger partial charge in [-0.15, -0.1) is 0 Å². The summed E-state index contributed by atoms with van der Waals surface area (Å²) in [5.41, 5.74) is 6.79. The smallest absolute Gasteiger partial charge is 0.356 e. The zero-order valence-corrected chi connectivity index (χ0v) is 10.5. The summed E-state index contributed by atoms with van der Waals surface area (Å²) in [5, 5.41) is 9.16. The molecule has 0 aliphatic rings. The van der Waals surface area contributed by atoms with Gasteiger partial charge in [0.25, 0.3) is 0 Å². The van der Waals surface area contributed by atoms with Crippen molar-refractivity contribution in [2.45, 2.75) is 26.3 Å². The van der Waals surface area contributed by atoms with Gasteiger partial charge in [-0.05, 0) is 18.1 Å². The van der Waals surface area contributed by atoms with Crippen LogP contribution in [0.5, 0.6) is 0 Å². The Morgan fingerprint density at radius 3 is 2.89 bits per heavy atom. The highest BCUT2D eigenvalue weighted by atomic mass is 16.4. The van der Waals surface area contributed by atoms with Crippen LogP contribution < -0.4 is 5.73 Å². The second kappa shape index (κ2) is 4.78. The molecule has 2 aromatic heterocycles. The molecule has 96 valence electrons. The van der Waals surface area contributed by atoms with Gasteiger partial charge in [-0.3, -0.25) is 0 Å². The molecule has 0 aliphatic carbocycles. The maximum Gasteiger partial charge on any atom is 0.356 e. The van der Waals surface area contributed by atoms with E-state index in [0.717, 1.165) is 6.42 Å². The van der Waals surface area contributed by atoms with Gasteiger partial charge in [0.2, 0.25) is 0 Å². The molecule has 0 fully saturated rings. The van der Waals surface area contributed by atoms with Gasteiger partial charge in [0.15, 0.2) is 5.69 Å². The minimum Gasteiger partial charge on any atom is -0.476 e. The predicted molar refractivity (Wildman–Crippen MR) is 68.5 cm³/mol. The normalized spacial score (nSPS) is 14.6. The fourth-order valence-corrected chi connectivity index (χ4v) is 1.96. The van der Waals surface area contributed by atoms with E-state index in [1.54, 1.807) is 22.7 Å². The van der Waals surface area contributed by atoms with Gasteiger partial charge in [0.1, 0.15) is 5.82 Å². The van der Waals surface area contributed by atoms with Crippen LogP contribution in [0, 0.1) is 5.92 Å². The Morgan fingerprint density at radius 1 is 1.56 bits per heavy atom. The number of carboxylic acids is 1. The molecule has 0 saturated carbocycles. The zero-order valence-electron chi connectivity index (χ0n) is 10.5. The molecule has 0 aromatic carbocycles. The molecule has 0 amide bonds. The summed E-state index contributed by atoms with van der Waals surface area (Å²) in [7, 11) is 0. The van der Waals surface area contributed by atoms with Crippen LogP contribution in [0.1, 0.15) is 42.6 Å². The number of aromatic carboxylic acids is 1. The van der Waals surface area contributed by atoms with Crippen LogP contribution in [-0.4, -0.2) is 20.5 Å². The second-order valence-electron chi connectivity index (χ2n) is 4.49. The van der Waals surface area contributed by atoms with Crippen molar-refractivity contribution in [1.82, 2.24) is 9.38 Å². The Kier molecular flexibility index (Phi) is 3.34. The number of pyridine rings is 1. The van der Waals surface area contributed by atoms with Crippen molar-refractivity contribution >= 4 is 11.5 Å². The standard InChI is InChI=1S/C13H17N3O2/c1-3-8(2)10(14)12-15-11(13(17)18)9-6-4-5-7-16(9)12/h4-8,10H,3,14H2,1-2H3,(H,17,18). The summed E-state index contributed by atoms with van der Waals surface area (Å²) >= 11 is 0. The van der Waals surface area contributed by atoms with Crippen molar-refractivity contribution in [3.8, 4) is 0 Å². The van der Waals surface area contributed by atoms with E-state index in [9.17, 15) is 4.79 Å². The van der Waals surface area contributed by atoms with E-state index in [4.69, 9.17) is 10.8 Å². The van der Waals surface area contributed by atoms with Crippen molar-refractivity contribution in [1.29, 1.82) is 0 Å². The summed E-state index contributed by atoms with van der Waals surface area (Å²) in [6.45, 7) is 4.09. The molecule has 5 nitrogen and oxygen atoms in total. The number of hydrogen-bond donors (Lipinski definition) is 2. The second-order valence-corrected chi connectivity index (χ2v) is 4.49. The van der Waals surface area contributed by atoms with Crippen molar-refractivity contribution in [2.24, 2.45) is 11.7 Å². The number of imidazole rings is 1. The third-order valence-electron chi connectivity index (χ3n) is 3.33. The summed E-state index contributed by atoms with van der Waals surface area (Å²) < 4.78 is 1.76. The Balaban J connectivity index is 2.61. The summed E-state index contributed by atoms with van der Waals surface area (Å²) in [4.78, 5) is 15.4. The van der Waals surface area contributed by atoms with Crippen molar-refractivity contribution < 1.29 is 9.90 Å². The lowest BCUT2D eigenvalue weighted by atomic mass is 9.99. The van der Waals surface area contributed by atoms with E-state index in [1.807, 2.05) is 13.0 Å². The zero-order chi connectivity index (χ0) is 13.3. The summed E-state index contributed by atoms with van der Waals surface area (Å²) in [6.07, 6.45) is 2.72. The molecule has 2 heterocycles. The molecule has 18 heavy (non-hydrogen) atoms. The highest BCUT2D eigenvalue weighted by molar-refractivity contribution is 5.93. The van der Waals surface area contributed by atoms with E-state index in [0.29, 0.717) is 11.3 Å². The molecule has 0 bridgehead atoms. The number of aromatic nitrogens is 2. The molecule has 5 heteroatoms. The largest absolute Gasteiger partial charge is 0.476 e. The summed E-state index contributed by atoms with van der Waals surface area (Å²) in [6, 6.07) is 5.11. The minimum atomic E-state index is -1.03. The van der Waals surface area contributed by atoms with E-state index < -0.39 is 5.97 Å². The minimum absolute atomic E-state index is 0.0596. The number of nitrogens with two attached hydrogens (primary N) is 1. The van der Waals surface area contributed by atoms with Gasteiger partial charge in [-0.2, -0.15) is 0 Å². The lowest BCUT2D eigenvalue weighted by molar-refractivity contribution is 0.0693. The molecule has 3 N–H and O–H groups in total. The number of fused-ring (bicyclic) bond motifs is 1. The maximum absolute atomic E-state index is 11.2. The van der Waals surface area contributed by atoms with Crippen molar-refractivity contribution in [2.75, 3.05) is 0 Å². The topological polar surface area (TPSA) is 80.6 Å².